The molecule has 2 aliphatic rings. The van der Waals surface area contributed by atoms with Crippen LogP contribution in [0.25, 0.3) is 16.5 Å². The van der Waals surface area contributed by atoms with E-state index >= 15 is 4.11 Å². The average Bonchev–Trinajstić information content (AvgIpc) is 3.74. The Labute approximate surface area is 284 Å². The van der Waals surface area contributed by atoms with Gasteiger partial charge in [0, 0.05) is 48.2 Å². The lowest BCUT2D eigenvalue weighted by Gasteiger charge is -2.31. The highest BCUT2D eigenvalue weighted by Crippen LogP contribution is 2.60. The summed E-state index contributed by atoms with van der Waals surface area (Å²) in [6.45, 7) is 5.87. The van der Waals surface area contributed by atoms with E-state index < -0.39 is 31.6 Å². The van der Waals surface area contributed by atoms with E-state index in [2.05, 4.69) is 15.4 Å². The molecule has 1 amide bonds. The second-order valence-electron chi connectivity index (χ2n) is 13.4. The predicted molar refractivity (Wildman–Crippen MR) is 185 cm³/mol. The minimum absolute atomic E-state index is 0.0290. The van der Waals surface area contributed by atoms with Crippen LogP contribution >= 0.6 is 0 Å². The zero-order valence-electron chi connectivity index (χ0n) is 27.9. The maximum Gasteiger partial charge on any atom is 0.279 e. The number of nitrogens with zero attached hydrogens (tertiary/aromatic N) is 6. The number of aromatic nitrogens is 5. The van der Waals surface area contributed by atoms with E-state index in [1.165, 1.54) is 4.68 Å². The Hall–Kier alpha value is -4.72. The number of rotatable bonds is 10. The van der Waals surface area contributed by atoms with E-state index in [0.29, 0.717) is 53.2 Å². The highest BCUT2D eigenvalue weighted by Gasteiger charge is 2.66. The Morgan fingerprint density at radius 2 is 1.90 bits per heavy atom. The number of hydrogen-bond donors (Lipinski definition) is 1. The quantitative estimate of drug-likeness (QED) is 0.163. The van der Waals surface area contributed by atoms with Gasteiger partial charge in [0.15, 0.2) is 5.60 Å². The van der Waals surface area contributed by atoms with Crippen molar-refractivity contribution < 1.29 is 23.5 Å². The average molecular weight is 683 g/mol. The fourth-order valence-electron chi connectivity index (χ4n) is 7.76. The Bertz CT molecular complexity index is 2100. The highest BCUT2D eigenvalue weighted by molar-refractivity contribution is 6.72. The summed E-state index contributed by atoms with van der Waals surface area (Å²) >= 11 is 0. The third kappa shape index (κ3) is 5.65. The van der Waals surface area contributed by atoms with Gasteiger partial charge in [-0.05, 0) is 61.5 Å². The Balaban J connectivity index is 1.24. The van der Waals surface area contributed by atoms with Crippen LogP contribution in [0.1, 0.15) is 30.2 Å². The first-order valence-corrected chi connectivity index (χ1v) is 19.4. The molecule has 0 radical (unpaired) electrons. The SMILES string of the molecule is COc1ccc2c(c1)[C@@]1(O[C@H](CCn3cc(CCO)nn3)[C@@H]([Si](C)(C)F)[C@@H]1C)C(=O)N2Cc1cccc(-n2ncc3ccccc3c2=O)c1. The number of halogens is 1. The summed E-state index contributed by atoms with van der Waals surface area (Å²) in [6.07, 6.45) is 3.72. The third-order valence-electron chi connectivity index (χ3n) is 9.96. The van der Waals surface area contributed by atoms with E-state index in [1.807, 2.05) is 67.6 Å². The van der Waals surface area contributed by atoms with Gasteiger partial charge in [0.05, 0.1) is 48.4 Å². The lowest BCUT2D eigenvalue weighted by molar-refractivity contribution is -0.146. The van der Waals surface area contributed by atoms with Crippen LogP contribution < -0.4 is 15.2 Å². The highest BCUT2D eigenvalue weighted by atomic mass is 28.4. The minimum Gasteiger partial charge on any atom is -0.497 e. The van der Waals surface area contributed by atoms with Gasteiger partial charge in [0.2, 0.25) is 8.41 Å². The number of methoxy groups -OCH3 is 1. The van der Waals surface area contributed by atoms with Crippen molar-refractivity contribution in [2.24, 2.45) is 5.92 Å². The van der Waals surface area contributed by atoms with Gasteiger partial charge in [-0.15, -0.1) is 5.10 Å². The van der Waals surface area contributed by atoms with Crippen LogP contribution in [-0.4, -0.2) is 64.0 Å². The predicted octanol–water partition coefficient (Wildman–Crippen LogP) is 4.93. The Kier molecular flexibility index (Phi) is 8.45. The number of amides is 1. The topological polar surface area (TPSA) is 125 Å². The van der Waals surface area contributed by atoms with Gasteiger partial charge in [-0.3, -0.25) is 14.3 Å². The Morgan fingerprint density at radius 1 is 1.08 bits per heavy atom. The summed E-state index contributed by atoms with van der Waals surface area (Å²) in [5.41, 5.74) is 1.23. The van der Waals surface area contributed by atoms with Gasteiger partial charge < -0.3 is 23.6 Å². The molecule has 0 saturated carbocycles. The summed E-state index contributed by atoms with van der Waals surface area (Å²) in [5.74, 6) is -0.158. The largest absolute Gasteiger partial charge is 0.497 e. The van der Waals surface area contributed by atoms with Crippen molar-refractivity contribution in [3.8, 4) is 11.4 Å². The van der Waals surface area contributed by atoms with Crippen molar-refractivity contribution in [1.82, 2.24) is 24.8 Å². The molecule has 2 aromatic heterocycles. The van der Waals surface area contributed by atoms with Gasteiger partial charge in [-0.1, -0.05) is 42.5 Å². The number of ether oxygens (including phenoxy) is 2. The molecule has 4 atom stereocenters. The number of aliphatic hydroxyl groups excluding tert-OH is 1. The summed E-state index contributed by atoms with van der Waals surface area (Å²) < 4.78 is 31.8. The number of hydrogen-bond acceptors (Lipinski definition) is 8. The fraction of sp³-hybridized carbons (Fsp3) is 0.361. The molecule has 49 heavy (non-hydrogen) atoms. The summed E-state index contributed by atoms with van der Waals surface area (Å²) in [6, 6.07) is 20.2. The van der Waals surface area contributed by atoms with Crippen LogP contribution in [0.15, 0.2) is 83.9 Å². The number of anilines is 1. The number of benzene rings is 3. The maximum absolute atomic E-state index is 16.3. The molecule has 11 nitrogen and oxygen atoms in total. The standard InChI is InChI=1S/C36H39FN6O5Si/c1-23-33(49(3,4)37)32(14-16-41-22-26(15-17-44)39-40-41)48-36(23)30-19-28(47-2)12-13-31(30)42(35(36)46)21-24-8-7-10-27(18-24)43-34(45)29-11-6-5-9-25(29)20-38-43/h5-13,18-20,22-23,32-33,44H,14-17,21H2,1-4H3/t23-,32+,33-,36+/m0/s1. The van der Waals surface area contributed by atoms with Gasteiger partial charge in [-0.2, -0.15) is 9.78 Å². The first-order valence-electron chi connectivity index (χ1n) is 16.5. The molecule has 254 valence electrons. The monoisotopic (exact) mass is 682 g/mol. The van der Waals surface area contributed by atoms with Gasteiger partial charge in [0.25, 0.3) is 11.5 Å². The summed E-state index contributed by atoms with van der Waals surface area (Å²) in [7, 11) is -1.80. The zero-order chi connectivity index (χ0) is 34.5. The number of carbonyl (C=O) groups excluding carboxylic acids is 1. The fourth-order valence-corrected chi connectivity index (χ4v) is 10.3. The van der Waals surface area contributed by atoms with E-state index in [0.717, 1.165) is 10.9 Å². The zero-order valence-corrected chi connectivity index (χ0v) is 28.9. The molecule has 1 saturated heterocycles. The molecule has 2 aliphatic heterocycles. The number of aliphatic hydroxyl groups is 1. The van der Waals surface area contributed by atoms with Crippen LogP contribution in [0.5, 0.6) is 5.75 Å². The molecular weight excluding hydrogens is 644 g/mol. The van der Waals surface area contributed by atoms with Crippen LogP contribution in [0.4, 0.5) is 9.80 Å². The molecule has 1 fully saturated rings. The molecule has 7 rings (SSSR count). The van der Waals surface area contributed by atoms with Crippen LogP contribution in [-0.2, 0) is 34.6 Å². The molecule has 0 bridgehead atoms. The van der Waals surface area contributed by atoms with Crippen molar-refractivity contribution in [3.63, 3.8) is 0 Å². The molecule has 0 unspecified atom stereocenters. The van der Waals surface area contributed by atoms with Gasteiger partial charge >= 0.3 is 0 Å². The van der Waals surface area contributed by atoms with E-state index in [1.54, 1.807) is 48.2 Å². The normalized spacial score (nSPS) is 22.0. The molecular formula is C36H39FN6O5Si. The summed E-state index contributed by atoms with van der Waals surface area (Å²) in [4.78, 5) is 29.9. The smallest absolute Gasteiger partial charge is 0.279 e. The molecule has 13 heteroatoms. The van der Waals surface area contributed by atoms with Crippen LogP contribution in [0.2, 0.25) is 18.6 Å². The van der Waals surface area contributed by atoms with Crippen molar-refractivity contribution in [2.75, 3.05) is 18.6 Å². The van der Waals surface area contributed by atoms with Crippen LogP contribution in [0.3, 0.4) is 0 Å². The molecule has 0 aliphatic carbocycles. The molecule has 4 heterocycles. The van der Waals surface area contributed by atoms with E-state index in [-0.39, 0.29) is 24.6 Å². The number of aryl methyl sites for hydroxylation is 1. The molecule has 3 aromatic carbocycles. The lowest BCUT2D eigenvalue weighted by atomic mass is 9.82. The molecule has 5 aromatic rings. The van der Waals surface area contributed by atoms with Crippen molar-refractivity contribution in [3.05, 3.63) is 106 Å². The van der Waals surface area contributed by atoms with Crippen molar-refractivity contribution in [2.45, 2.75) is 63.2 Å². The maximum atomic E-state index is 16.3. The summed E-state index contributed by atoms with van der Waals surface area (Å²) in [5, 5.41) is 23.3. The molecule has 1 spiro atoms. The second kappa shape index (κ2) is 12.6. The van der Waals surface area contributed by atoms with Crippen LogP contribution in [0, 0.1) is 5.92 Å². The number of fused-ring (bicyclic) bond motifs is 3. The lowest BCUT2D eigenvalue weighted by Crippen LogP contribution is -2.45. The number of carbonyl (C=O) groups is 1. The van der Waals surface area contributed by atoms with E-state index in [4.69, 9.17) is 9.47 Å². The van der Waals surface area contributed by atoms with Gasteiger partial charge in [0.1, 0.15) is 5.75 Å². The first kappa shape index (κ1) is 32.8. The van der Waals surface area contributed by atoms with Crippen molar-refractivity contribution in [1.29, 1.82) is 0 Å². The minimum atomic E-state index is -3.37. The van der Waals surface area contributed by atoms with Crippen molar-refractivity contribution >= 4 is 30.8 Å². The third-order valence-corrected chi connectivity index (χ3v) is 12.4. The second-order valence-corrected chi connectivity index (χ2v) is 17.2. The Morgan fingerprint density at radius 3 is 2.67 bits per heavy atom. The van der Waals surface area contributed by atoms with Gasteiger partial charge in [-0.25, -0.2) is 0 Å². The molecule has 1 N–H and O–H groups in total. The van der Waals surface area contributed by atoms with E-state index in [9.17, 15) is 14.7 Å². The first-order chi connectivity index (χ1) is 23.5.